The summed E-state index contributed by atoms with van der Waals surface area (Å²) >= 11 is 0. The van der Waals surface area contributed by atoms with Gasteiger partial charge >= 0.3 is 6.09 Å². The Labute approximate surface area is 117 Å². The first-order valence-electron chi connectivity index (χ1n) is 6.02. The van der Waals surface area contributed by atoms with E-state index < -0.39 is 11.7 Å². The van der Waals surface area contributed by atoms with Crippen molar-refractivity contribution < 1.29 is 9.53 Å². The molecular formula is C14H16N4O2. The molecule has 1 N–H and O–H groups in total. The maximum absolute atomic E-state index is 11.4. The molecule has 0 spiro atoms. The lowest BCUT2D eigenvalue weighted by molar-refractivity contribution is 0.0535. The van der Waals surface area contributed by atoms with Crippen LogP contribution in [0.15, 0.2) is 29.4 Å². The van der Waals surface area contributed by atoms with Crippen LogP contribution in [0, 0.1) is 11.8 Å². The third-order valence-corrected chi connectivity index (χ3v) is 2.00. The minimum Gasteiger partial charge on any atom is -0.444 e. The van der Waals surface area contributed by atoms with Crippen molar-refractivity contribution in [2.24, 2.45) is 5.11 Å². The lowest BCUT2D eigenvalue weighted by Gasteiger charge is -2.19. The maximum atomic E-state index is 11.4. The van der Waals surface area contributed by atoms with Crippen LogP contribution in [-0.2, 0) is 4.74 Å². The van der Waals surface area contributed by atoms with Gasteiger partial charge in [0.15, 0.2) is 0 Å². The van der Waals surface area contributed by atoms with Crippen LogP contribution in [0.2, 0.25) is 0 Å². The Balaban J connectivity index is 2.59. The van der Waals surface area contributed by atoms with Crippen molar-refractivity contribution in [2.75, 3.05) is 6.54 Å². The van der Waals surface area contributed by atoms with E-state index in [0.29, 0.717) is 11.3 Å². The Hall–Kier alpha value is -2.64. The summed E-state index contributed by atoms with van der Waals surface area (Å²) in [7, 11) is 0. The van der Waals surface area contributed by atoms with E-state index in [-0.39, 0.29) is 6.54 Å². The van der Waals surface area contributed by atoms with E-state index in [1.165, 1.54) is 0 Å². The van der Waals surface area contributed by atoms with E-state index in [1.54, 1.807) is 45.0 Å². The van der Waals surface area contributed by atoms with Gasteiger partial charge in [0.1, 0.15) is 5.60 Å². The number of nitrogens with zero attached hydrogens (tertiary/aromatic N) is 3. The van der Waals surface area contributed by atoms with Gasteiger partial charge in [-0.2, -0.15) is 0 Å². The molecule has 0 heterocycles. The number of rotatable bonds is 2. The largest absolute Gasteiger partial charge is 0.444 e. The van der Waals surface area contributed by atoms with Gasteiger partial charge in [-0.1, -0.05) is 35.2 Å². The zero-order chi connectivity index (χ0) is 15.0. The Morgan fingerprint density at radius 1 is 1.45 bits per heavy atom. The van der Waals surface area contributed by atoms with Crippen LogP contribution in [0.4, 0.5) is 10.5 Å². The molecule has 1 aromatic carbocycles. The fourth-order valence-corrected chi connectivity index (χ4v) is 1.28. The number of azide groups is 1. The molecule has 0 saturated carbocycles. The number of nitrogens with one attached hydrogen (secondary N) is 1. The Kier molecular flexibility index (Phi) is 5.45. The summed E-state index contributed by atoms with van der Waals surface area (Å²) in [5.74, 6) is 5.60. The molecule has 0 aliphatic carbocycles. The molecule has 0 bridgehead atoms. The monoisotopic (exact) mass is 272 g/mol. The number of hydrogen-bond donors (Lipinski definition) is 1. The van der Waals surface area contributed by atoms with Crippen LogP contribution in [0.3, 0.4) is 0 Å². The van der Waals surface area contributed by atoms with Crippen LogP contribution < -0.4 is 5.32 Å². The minimum atomic E-state index is -0.536. The van der Waals surface area contributed by atoms with Gasteiger partial charge in [0.2, 0.25) is 0 Å². The number of carbonyl (C=O) groups excluding carboxylic acids is 1. The molecule has 0 saturated heterocycles. The maximum Gasteiger partial charge on any atom is 0.408 e. The van der Waals surface area contributed by atoms with Crippen molar-refractivity contribution in [3.63, 3.8) is 0 Å². The van der Waals surface area contributed by atoms with Crippen molar-refractivity contribution >= 4 is 11.8 Å². The van der Waals surface area contributed by atoms with Gasteiger partial charge < -0.3 is 10.1 Å². The van der Waals surface area contributed by atoms with Crippen molar-refractivity contribution in [1.82, 2.24) is 5.32 Å². The summed E-state index contributed by atoms with van der Waals surface area (Å²) in [5, 5.41) is 6.06. The smallest absolute Gasteiger partial charge is 0.408 e. The second-order valence-corrected chi connectivity index (χ2v) is 4.86. The van der Waals surface area contributed by atoms with E-state index >= 15 is 0 Å². The quantitative estimate of drug-likeness (QED) is 0.386. The van der Waals surface area contributed by atoms with Crippen LogP contribution in [0.1, 0.15) is 26.3 Å². The summed E-state index contributed by atoms with van der Waals surface area (Å²) in [6.07, 6.45) is -0.518. The zero-order valence-electron chi connectivity index (χ0n) is 11.7. The molecule has 1 amide bonds. The molecular weight excluding hydrogens is 256 g/mol. The van der Waals surface area contributed by atoms with Crippen LogP contribution >= 0.6 is 0 Å². The SMILES string of the molecule is CC(C)(C)OC(=O)NCC#Cc1ccccc1N=[N+]=[N-]. The minimum absolute atomic E-state index is 0.152. The Morgan fingerprint density at radius 2 is 2.15 bits per heavy atom. The summed E-state index contributed by atoms with van der Waals surface area (Å²) < 4.78 is 5.07. The molecule has 6 nitrogen and oxygen atoms in total. The van der Waals surface area contributed by atoms with Gasteiger partial charge in [-0.3, -0.25) is 0 Å². The van der Waals surface area contributed by atoms with E-state index in [9.17, 15) is 4.79 Å². The first-order chi connectivity index (χ1) is 9.42. The molecule has 0 radical (unpaired) electrons. The Morgan fingerprint density at radius 3 is 2.80 bits per heavy atom. The standard InChI is InChI=1S/C14H16N4O2/c1-14(2,3)20-13(19)16-10-6-8-11-7-4-5-9-12(11)17-18-15/h4-5,7,9H,10H2,1-3H3,(H,16,19). The number of alkyl carbamates (subject to hydrolysis) is 1. The first-order valence-corrected chi connectivity index (χ1v) is 6.02. The molecule has 6 heteroatoms. The lowest BCUT2D eigenvalue weighted by Crippen LogP contribution is -2.32. The van der Waals surface area contributed by atoms with Crippen LogP contribution in [0.25, 0.3) is 10.4 Å². The highest BCUT2D eigenvalue weighted by atomic mass is 16.6. The molecule has 0 fully saturated rings. The fourth-order valence-electron chi connectivity index (χ4n) is 1.28. The van der Waals surface area contributed by atoms with Crippen LogP contribution in [-0.4, -0.2) is 18.2 Å². The highest BCUT2D eigenvalue weighted by molar-refractivity contribution is 5.68. The Bertz CT molecular complexity index is 587. The molecule has 0 atom stereocenters. The van der Waals surface area contributed by atoms with E-state index in [2.05, 4.69) is 27.2 Å². The van der Waals surface area contributed by atoms with Crippen molar-refractivity contribution in [1.29, 1.82) is 0 Å². The molecule has 0 aliphatic heterocycles. The number of amides is 1. The fraction of sp³-hybridized carbons (Fsp3) is 0.357. The average Bonchev–Trinajstić information content (AvgIpc) is 2.34. The third-order valence-electron chi connectivity index (χ3n) is 2.00. The van der Waals surface area contributed by atoms with Crippen molar-refractivity contribution in [2.45, 2.75) is 26.4 Å². The van der Waals surface area contributed by atoms with Crippen molar-refractivity contribution in [3.05, 3.63) is 40.3 Å². The van der Waals surface area contributed by atoms with Gasteiger partial charge in [0.25, 0.3) is 0 Å². The number of ether oxygens (including phenoxy) is 1. The van der Waals surface area contributed by atoms with Crippen LogP contribution in [0.5, 0.6) is 0 Å². The van der Waals surface area contributed by atoms with Gasteiger partial charge in [-0.25, -0.2) is 4.79 Å². The molecule has 0 unspecified atom stereocenters. The summed E-state index contributed by atoms with van der Waals surface area (Å²) in [4.78, 5) is 14.1. The van der Waals surface area contributed by atoms with Gasteiger partial charge in [-0.05, 0) is 32.4 Å². The summed E-state index contributed by atoms with van der Waals surface area (Å²) in [6, 6.07) is 6.96. The predicted octanol–water partition coefficient (Wildman–Crippen LogP) is 3.50. The average molecular weight is 272 g/mol. The second-order valence-electron chi connectivity index (χ2n) is 4.86. The summed E-state index contributed by atoms with van der Waals surface area (Å²) in [5.41, 5.74) is 8.96. The summed E-state index contributed by atoms with van der Waals surface area (Å²) in [6.45, 7) is 5.51. The topological polar surface area (TPSA) is 87.1 Å². The van der Waals surface area contributed by atoms with Gasteiger partial charge in [0.05, 0.1) is 12.2 Å². The molecule has 0 aromatic heterocycles. The zero-order valence-corrected chi connectivity index (χ0v) is 11.7. The van der Waals surface area contributed by atoms with Gasteiger partial charge in [0, 0.05) is 10.5 Å². The van der Waals surface area contributed by atoms with E-state index in [0.717, 1.165) is 0 Å². The highest BCUT2D eigenvalue weighted by Crippen LogP contribution is 2.17. The highest BCUT2D eigenvalue weighted by Gasteiger charge is 2.14. The number of hydrogen-bond acceptors (Lipinski definition) is 3. The van der Waals surface area contributed by atoms with E-state index in [4.69, 9.17) is 10.3 Å². The van der Waals surface area contributed by atoms with Crippen molar-refractivity contribution in [3.8, 4) is 11.8 Å². The molecule has 1 rings (SSSR count). The third kappa shape index (κ3) is 5.80. The molecule has 1 aromatic rings. The molecule has 0 aliphatic rings. The second kappa shape index (κ2) is 7.07. The van der Waals surface area contributed by atoms with E-state index in [1.807, 2.05) is 0 Å². The molecule has 20 heavy (non-hydrogen) atoms. The number of carbonyl (C=O) groups is 1. The normalized spacial score (nSPS) is 9.75. The lowest BCUT2D eigenvalue weighted by atomic mass is 10.2. The van der Waals surface area contributed by atoms with Gasteiger partial charge in [-0.15, -0.1) is 0 Å². The molecule has 104 valence electrons. The predicted molar refractivity (Wildman–Crippen MR) is 76.4 cm³/mol. The number of benzene rings is 1. The first kappa shape index (κ1) is 15.4.